The molecule has 0 amide bonds. The molecule has 2 nitrogen and oxygen atoms in total. The van der Waals surface area contributed by atoms with E-state index in [1.807, 2.05) is 0 Å². The van der Waals surface area contributed by atoms with Gasteiger partial charge in [0.1, 0.15) is 12.4 Å². The molecule has 0 fully saturated rings. The lowest BCUT2D eigenvalue weighted by Crippen LogP contribution is -2.11. The summed E-state index contributed by atoms with van der Waals surface area (Å²) in [6, 6.07) is 0. The minimum absolute atomic E-state index is 0.245. The van der Waals surface area contributed by atoms with E-state index in [1.54, 1.807) is 0 Å². The fourth-order valence-electron chi connectivity index (χ4n) is 1.48. The third-order valence-electron chi connectivity index (χ3n) is 2.25. The summed E-state index contributed by atoms with van der Waals surface area (Å²) in [5.41, 5.74) is 0. The minimum atomic E-state index is 0.245. The molecule has 1 unspecified atom stereocenters. The average molecular weight is 200 g/mol. The van der Waals surface area contributed by atoms with Gasteiger partial charge in [0.15, 0.2) is 0 Å². The summed E-state index contributed by atoms with van der Waals surface area (Å²) in [4.78, 5) is 9.96. The average Bonchev–Trinajstić information content (AvgIpc) is 2.20. The molecule has 0 N–H and O–H groups in total. The third-order valence-corrected chi connectivity index (χ3v) is 2.25. The van der Waals surface area contributed by atoms with Crippen LogP contribution in [0.1, 0.15) is 58.8 Å². The second-order valence-electron chi connectivity index (χ2n) is 3.62. The molecule has 0 rings (SSSR count). The molecule has 0 aliphatic rings. The number of hydrogen-bond acceptors (Lipinski definition) is 2. The van der Waals surface area contributed by atoms with Crippen molar-refractivity contribution in [3.8, 4) is 0 Å². The largest absolute Gasteiger partial charge is 0.346 e. The molecule has 1 atom stereocenters. The maximum absolute atomic E-state index is 5.19. The summed E-state index contributed by atoms with van der Waals surface area (Å²) in [7, 11) is 0. The highest BCUT2D eigenvalue weighted by Crippen LogP contribution is 2.13. The highest BCUT2D eigenvalue weighted by Gasteiger charge is 2.08. The van der Waals surface area contributed by atoms with Crippen LogP contribution in [0.4, 0.5) is 0 Å². The molecule has 0 aromatic heterocycles. The van der Waals surface area contributed by atoms with Crippen molar-refractivity contribution in [3.63, 3.8) is 0 Å². The van der Waals surface area contributed by atoms with Crippen LogP contribution >= 0.6 is 0 Å². The van der Waals surface area contributed by atoms with Gasteiger partial charge in [-0.2, -0.15) is 4.89 Å². The lowest BCUT2D eigenvalue weighted by atomic mass is 10.1. The first-order valence-electron chi connectivity index (χ1n) is 5.78. The van der Waals surface area contributed by atoms with Crippen LogP contribution in [-0.2, 0) is 9.78 Å². The van der Waals surface area contributed by atoms with Crippen molar-refractivity contribution in [2.24, 2.45) is 0 Å². The first kappa shape index (κ1) is 13.5. The molecular formula is C12H24O2. The van der Waals surface area contributed by atoms with E-state index in [1.165, 1.54) is 31.9 Å². The van der Waals surface area contributed by atoms with Crippen LogP contribution in [0.2, 0.25) is 0 Å². The molecule has 2 heteroatoms. The Balaban J connectivity index is 3.45. The highest BCUT2D eigenvalue weighted by atomic mass is 17.2. The standard InChI is InChI=1S/C12H24O2/c1-4-7-8-9-11-12(10-5-2)14-13-6-3/h6,12H,3-5,7-11H2,1-2H3. The van der Waals surface area contributed by atoms with Gasteiger partial charge in [0.25, 0.3) is 0 Å². The van der Waals surface area contributed by atoms with Crippen molar-refractivity contribution in [1.29, 1.82) is 0 Å². The molecule has 0 aromatic carbocycles. The van der Waals surface area contributed by atoms with Gasteiger partial charge >= 0.3 is 0 Å². The lowest BCUT2D eigenvalue weighted by molar-refractivity contribution is -0.285. The van der Waals surface area contributed by atoms with E-state index in [0.717, 1.165) is 19.3 Å². The van der Waals surface area contributed by atoms with Crippen LogP contribution < -0.4 is 0 Å². The Morgan fingerprint density at radius 2 is 1.86 bits per heavy atom. The Morgan fingerprint density at radius 1 is 1.07 bits per heavy atom. The van der Waals surface area contributed by atoms with Crippen molar-refractivity contribution in [2.75, 3.05) is 0 Å². The van der Waals surface area contributed by atoms with Crippen LogP contribution in [-0.4, -0.2) is 6.10 Å². The smallest absolute Gasteiger partial charge is 0.122 e. The molecule has 0 bridgehead atoms. The zero-order chi connectivity index (χ0) is 10.6. The van der Waals surface area contributed by atoms with Gasteiger partial charge in [-0.3, -0.25) is 0 Å². The van der Waals surface area contributed by atoms with Gasteiger partial charge in [-0.15, -0.1) is 0 Å². The highest BCUT2D eigenvalue weighted by molar-refractivity contribution is 4.56. The van der Waals surface area contributed by atoms with Crippen LogP contribution in [0.15, 0.2) is 12.8 Å². The Morgan fingerprint density at radius 3 is 2.43 bits per heavy atom. The monoisotopic (exact) mass is 200 g/mol. The maximum Gasteiger partial charge on any atom is 0.122 e. The zero-order valence-corrected chi connectivity index (χ0v) is 9.63. The molecule has 14 heavy (non-hydrogen) atoms. The van der Waals surface area contributed by atoms with Gasteiger partial charge in [0.05, 0.1) is 0 Å². The van der Waals surface area contributed by atoms with E-state index < -0.39 is 0 Å². The Labute approximate surface area is 88.2 Å². The fraction of sp³-hybridized carbons (Fsp3) is 0.833. The molecule has 0 saturated heterocycles. The van der Waals surface area contributed by atoms with Gasteiger partial charge in [-0.25, -0.2) is 0 Å². The van der Waals surface area contributed by atoms with Gasteiger partial charge in [-0.05, 0) is 12.8 Å². The van der Waals surface area contributed by atoms with E-state index in [4.69, 9.17) is 9.78 Å². The van der Waals surface area contributed by atoms with E-state index >= 15 is 0 Å². The minimum Gasteiger partial charge on any atom is -0.346 e. The Hall–Kier alpha value is -0.500. The predicted molar refractivity (Wildman–Crippen MR) is 59.8 cm³/mol. The van der Waals surface area contributed by atoms with E-state index in [2.05, 4.69) is 20.4 Å². The molecule has 0 aliphatic heterocycles. The van der Waals surface area contributed by atoms with Gasteiger partial charge in [-0.1, -0.05) is 52.5 Å². The van der Waals surface area contributed by atoms with Crippen LogP contribution in [0, 0.1) is 0 Å². The van der Waals surface area contributed by atoms with Gasteiger partial charge in [0.2, 0.25) is 0 Å². The maximum atomic E-state index is 5.19. The fourth-order valence-corrected chi connectivity index (χ4v) is 1.48. The predicted octanol–water partition coefficient (Wildman–Crippen LogP) is 4.22. The second-order valence-corrected chi connectivity index (χ2v) is 3.62. The molecule has 0 spiro atoms. The molecule has 0 aromatic rings. The second kappa shape index (κ2) is 10.6. The number of hydrogen-bond donors (Lipinski definition) is 0. The number of unbranched alkanes of at least 4 members (excludes halogenated alkanes) is 3. The first-order valence-corrected chi connectivity index (χ1v) is 5.78. The summed E-state index contributed by atoms with van der Waals surface area (Å²) in [5, 5.41) is 0. The van der Waals surface area contributed by atoms with Crippen LogP contribution in [0.25, 0.3) is 0 Å². The molecule has 0 saturated carbocycles. The Kier molecular flexibility index (Phi) is 10.2. The van der Waals surface area contributed by atoms with Crippen molar-refractivity contribution >= 4 is 0 Å². The van der Waals surface area contributed by atoms with Crippen molar-refractivity contribution < 1.29 is 9.78 Å². The van der Waals surface area contributed by atoms with E-state index in [0.29, 0.717) is 0 Å². The molecule has 0 aliphatic carbocycles. The first-order chi connectivity index (χ1) is 6.85. The zero-order valence-electron chi connectivity index (χ0n) is 9.63. The molecule has 0 radical (unpaired) electrons. The van der Waals surface area contributed by atoms with Crippen molar-refractivity contribution in [1.82, 2.24) is 0 Å². The summed E-state index contributed by atoms with van der Waals surface area (Å²) < 4.78 is 0. The molecule has 84 valence electrons. The quantitative estimate of drug-likeness (QED) is 0.227. The summed E-state index contributed by atoms with van der Waals surface area (Å²) in [5.74, 6) is 0. The van der Waals surface area contributed by atoms with Gasteiger partial charge in [0, 0.05) is 0 Å². The SMILES string of the molecule is C=COOC(CCC)CCCCCC. The normalized spacial score (nSPS) is 12.4. The van der Waals surface area contributed by atoms with Crippen LogP contribution in [0.5, 0.6) is 0 Å². The van der Waals surface area contributed by atoms with Crippen molar-refractivity contribution in [3.05, 3.63) is 12.8 Å². The Bertz CT molecular complexity index is 123. The number of rotatable bonds is 10. The summed E-state index contributed by atoms with van der Waals surface area (Å²) in [6.45, 7) is 7.84. The molecule has 0 heterocycles. The topological polar surface area (TPSA) is 18.5 Å². The third kappa shape index (κ3) is 8.11. The summed E-state index contributed by atoms with van der Waals surface area (Å²) in [6.07, 6.45) is 10.0. The van der Waals surface area contributed by atoms with E-state index in [9.17, 15) is 0 Å². The van der Waals surface area contributed by atoms with Crippen LogP contribution in [0.3, 0.4) is 0 Å². The van der Waals surface area contributed by atoms with Crippen molar-refractivity contribution in [2.45, 2.75) is 64.9 Å². The van der Waals surface area contributed by atoms with E-state index in [-0.39, 0.29) is 6.10 Å². The lowest BCUT2D eigenvalue weighted by Gasteiger charge is -2.14. The summed E-state index contributed by atoms with van der Waals surface area (Å²) >= 11 is 0. The van der Waals surface area contributed by atoms with Gasteiger partial charge < -0.3 is 4.89 Å². The molecular weight excluding hydrogens is 176 g/mol.